The van der Waals surface area contributed by atoms with Gasteiger partial charge in [0.15, 0.2) is 6.19 Å². The van der Waals surface area contributed by atoms with Crippen molar-refractivity contribution in [1.29, 1.82) is 5.26 Å². The summed E-state index contributed by atoms with van der Waals surface area (Å²) >= 11 is 5.76. The van der Waals surface area contributed by atoms with Crippen molar-refractivity contribution in [3.63, 3.8) is 0 Å². The van der Waals surface area contributed by atoms with Crippen LogP contribution in [0.1, 0.15) is 5.56 Å². The predicted molar refractivity (Wildman–Crippen MR) is 50.2 cm³/mol. The van der Waals surface area contributed by atoms with Gasteiger partial charge in [-0.1, -0.05) is 11.6 Å². The van der Waals surface area contributed by atoms with E-state index in [1.165, 1.54) is 4.90 Å². The molecule has 3 heteroatoms. The van der Waals surface area contributed by atoms with Crippen LogP contribution < -0.4 is 4.90 Å². The van der Waals surface area contributed by atoms with Gasteiger partial charge in [-0.05, 0) is 30.7 Å². The lowest BCUT2D eigenvalue weighted by molar-refractivity contribution is 1.18. The minimum atomic E-state index is 0.697. The van der Waals surface area contributed by atoms with Crippen LogP contribution in [0.4, 0.5) is 5.69 Å². The molecule has 0 aliphatic carbocycles. The number of halogens is 1. The first-order chi connectivity index (χ1) is 5.65. The van der Waals surface area contributed by atoms with Gasteiger partial charge in [-0.15, -0.1) is 0 Å². The lowest BCUT2D eigenvalue weighted by Gasteiger charge is -2.11. The standard InChI is InChI=1S/C9H9ClN2/c1-7-5-8(10)3-4-9(7)12(2)6-11/h3-5H,1-2H3. The summed E-state index contributed by atoms with van der Waals surface area (Å²) in [6.07, 6.45) is 2.03. The molecule has 2 nitrogen and oxygen atoms in total. The minimum Gasteiger partial charge on any atom is -0.282 e. The minimum absolute atomic E-state index is 0.697. The molecule has 0 spiro atoms. The van der Waals surface area contributed by atoms with Crippen LogP contribution in [0.25, 0.3) is 0 Å². The third-order valence-electron chi connectivity index (χ3n) is 1.67. The quantitative estimate of drug-likeness (QED) is 0.491. The van der Waals surface area contributed by atoms with Crippen LogP contribution in [-0.2, 0) is 0 Å². The third-order valence-corrected chi connectivity index (χ3v) is 1.91. The lowest BCUT2D eigenvalue weighted by atomic mass is 10.2. The van der Waals surface area contributed by atoms with Gasteiger partial charge in [0, 0.05) is 12.1 Å². The molecule has 1 rings (SSSR count). The van der Waals surface area contributed by atoms with Crippen molar-refractivity contribution in [1.82, 2.24) is 0 Å². The summed E-state index contributed by atoms with van der Waals surface area (Å²) < 4.78 is 0. The molecule has 0 aliphatic heterocycles. The molecule has 0 unspecified atom stereocenters. The molecule has 0 saturated carbocycles. The topological polar surface area (TPSA) is 27.0 Å². The second-order valence-corrected chi connectivity index (χ2v) is 3.03. The molecular weight excluding hydrogens is 172 g/mol. The van der Waals surface area contributed by atoms with E-state index in [0.717, 1.165) is 11.3 Å². The second kappa shape index (κ2) is 3.46. The molecule has 0 fully saturated rings. The van der Waals surface area contributed by atoms with E-state index in [1.54, 1.807) is 13.1 Å². The van der Waals surface area contributed by atoms with Crippen molar-refractivity contribution in [2.24, 2.45) is 0 Å². The molecule has 0 aromatic heterocycles. The fraction of sp³-hybridized carbons (Fsp3) is 0.222. The Kier molecular flexibility index (Phi) is 2.57. The van der Waals surface area contributed by atoms with E-state index in [2.05, 4.69) is 0 Å². The summed E-state index contributed by atoms with van der Waals surface area (Å²) in [7, 11) is 1.72. The third kappa shape index (κ3) is 1.69. The SMILES string of the molecule is Cc1cc(Cl)ccc1N(C)C#N. The fourth-order valence-electron chi connectivity index (χ4n) is 1.05. The number of nitriles is 1. The number of benzene rings is 1. The molecule has 0 heterocycles. The molecule has 0 saturated heterocycles. The van der Waals surface area contributed by atoms with Gasteiger partial charge in [0.2, 0.25) is 0 Å². The molecule has 12 heavy (non-hydrogen) atoms. The van der Waals surface area contributed by atoms with Crippen LogP contribution in [-0.4, -0.2) is 7.05 Å². The van der Waals surface area contributed by atoms with Crippen LogP contribution in [0.2, 0.25) is 5.02 Å². The summed E-state index contributed by atoms with van der Waals surface area (Å²) in [5.41, 5.74) is 1.90. The Morgan fingerprint density at radius 2 is 2.17 bits per heavy atom. The van der Waals surface area contributed by atoms with Crippen LogP contribution in [0.3, 0.4) is 0 Å². The molecule has 0 N–H and O–H groups in total. The van der Waals surface area contributed by atoms with Crippen molar-refractivity contribution >= 4 is 17.3 Å². The summed E-state index contributed by atoms with van der Waals surface area (Å²) in [5.74, 6) is 0. The number of rotatable bonds is 1. The highest BCUT2D eigenvalue weighted by molar-refractivity contribution is 6.30. The van der Waals surface area contributed by atoms with Gasteiger partial charge in [-0.3, -0.25) is 4.90 Å². The lowest BCUT2D eigenvalue weighted by Crippen LogP contribution is -2.09. The zero-order chi connectivity index (χ0) is 9.14. The van der Waals surface area contributed by atoms with Crippen LogP contribution in [0.15, 0.2) is 18.2 Å². The average molecular weight is 181 g/mol. The Labute approximate surface area is 77.0 Å². The fourth-order valence-corrected chi connectivity index (χ4v) is 1.28. The summed E-state index contributed by atoms with van der Waals surface area (Å²) in [6.45, 7) is 1.93. The van der Waals surface area contributed by atoms with Gasteiger partial charge in [-0.25, -0.2) is 0 Å². The van der Waals surface area contributed by atoms with Crippen LogP contribution >= 0.6 is 11.6 Å². The van der Waals surface area contributed by atoms with Crippen molar-refractivity contribution in [2.45, 2.75) is 6.92 Å². The number of nitrogens with zero attached hydrogens (tertiary/aromatic N) is 2. The van der Waals surface area contributed by atoms with Gasteiger partial charge in [-0.2, -0.15) is 5.26 Å². The van der Waals surface area contributed by atoms with Gasteiger partial charge >= 0.3 is 0 Å². The van der Waals surface area contributed by atoms with Crippen molar-refractivity contribution in [3.05, 3.63) is 28.8 Å². The predicted octanol–water partition coefficient (Wildman–Crippen LogP) is 2.57. The molecule has 1 aromatic carbocycles. The van der Waals surface area contributed by atoms with Crippen molar-refractivity contribution < 1.29 is 0 Å². The second-order valence-electron chi connectivity index (χ2n) is 2.59. The smallest absolute Gasteiger partial charge is 0.184 e. The monoisotopic (exact) mass is 180 g/mol. The van der Waals surface area contributed by atoms with E-state index in [4.69, 9.17) is 16.9 Å². The van der Waals surface area contributed by atoms with Crippen molar-refractivity contribution in [3.8, 4) is 6.19 Å². The molecule has 0 radical (unpaired) electrons. The molecule has 62 valence electrons. The first kappa shape index (κ1) is 8.89. The number of hydrogen-bond donors (Lipinski definition) is 0. The summed E-state index contributed by atoms with van der Waals surface area (Å²) in [5, 5.41) is 9.32. The zero-order valence-electron chi connectivity index (χ0n) is 7.00. The zero-order valence-corrected chi connectivity index (χ0v) is 7.76. The van der Waals surface area contributed by atoms with Gasteiger partial charge in [0.1, 0.15) is 0 Å². The number of hydrogen-bond acceptors (Lipinski definition) is 2. The van der Waals surface area contributed by atoms with Gasteiger partial charge in [0.05, 0.1) is 5.69 Å². The molecule has 0 amide bonds. The summed E-state index contributed by atoms with van der Waals surface area (Å²) in [4.78, 5) is 1.51. The maximum absolute atomic E-state index is 8.62. The molecule has 0 aliphatic rings. The Bertz CT molecular complexity index is 328. The highest BCUT2D eigenvalue weighted by atomic mass is 35.5. The van der Waals surface area contributed by atoms with E-state index in [0.29, 0.717) is 5.02 Å². The highest BCUT2D eigenvalue weighted by Crippen LogP contribution is 2.21. The number of anilines is 1. The van der Waals surface area contributed by atoms with E-state index in [1.807, 2.05) is 25.2 Å². The largest absolute Gasteiger partial charge is 0.282 e. The average Bonchev–Trinajstić information content (AvgIpc) is 2.03. The molecule has 1 aromatic rings. The first-order valence-electron chi connectivity index (χ1n) is 3.55. The Hall–Kier alpha value is -1.20. The number of aryl methyl sites for hydroxylation is 1. The maximum Gasteiger partial charge on any atom is 0.184 e. The van der Waals surface area contributed by atoms with E-state index >= 15 is 0 Å². The summed E-state index contributed by atoms with van der Waals surface area (Å²) in [6, 6.07) is 5.45. The Morgan fingerprint density at radius 1 is 1.50 bits per heavy atom. The van der Waals surface area contributed by atoms with Crippen LogP contribution in [0, 0.1) is 18.4 Å². The van der Waals surface area contributed by atoms with Gasteiger partial charge in [0.25, 0.3) is 0 Å². The molecule has 0 atom stereocenters. The molecule has 0 bridgehead atoms. The maximum atomic E-state index is 8.62. The van der Waals surface area contributed by atoms with E-state index in [9.17, 15) is 0 Å². The Morgan fingerprint density at radius 3 is 2.67 bits per heavy atom. The van der Waals surface area contributed by atoms with Crippen molar-refractivity contribution in [2.75, 3.05) is 11.9 Å². The normalized spacial score (nSPS) is 9.17. The Balaban J connectivity index is 3.11. The first-order valence-corrected chi connectivity index (χ1v) is 3.92. The van der Waals surface area contributed by atoms with Gasteiger partial charge < -0.3 is 0 Å². The highest BCUT2D eigenvalue weighted by Gasteiger charge is 2.02. The van der Waals surface area contributed by atoms with E-state index < -0.39 is 0 Å². The molecular formula is C9H9ClN2. The van der Waals surface area contributed by atoms with Crippen LogP contribution in [0.5, 0.6) is 0 Å². The van der Waals surface area contributed by atoms with E-state index in [-0.39, 0.29) is 0 Å².